The van der Waals surface area contributed by atoms with Gasteiger partial charge in [-0.1, -0.05) is 11.8 Å². The summed E-state index contributed by atoms with van der Waals surface area (Å²) in [6.07, 6.45) is 3.38. The summed E-state index contributed by atoms with van der Waals surface area (Å²) in [5.41, 5.74) is 1.12. The monoisotopic (exact) mass is 372 g/mol. The summed E-state index contributed by atoms with van der Waals surface area (Å²) in [7, 11) is 1.45. The number of hydrogen-bond acceptors (Lipinski definition) is 6. The van der Waals surface area contributed by atoms with E-state index in [2.05, 4.69) is 15.2 Å². The second kappa shape index (κ2) is 8.09. The third kappa shape index (κ3) is 3.75. The molecule has 0 atom stereocenters. The number of rotatable bonds is 7. The lowest BCUT2D eigenvalue weighted by molar-refractivity contribution is 0.101. The quantitative estimate of drug-likeness (QED) is 0.467. The molecule has 0 aliphatic heterocycles. The molecule has 0 fully saturated rings. The summed E-state index contributed by atoms with van der Waals surface area (Å²) in [6.45, 7) is 2.64. The van der Waals surface area contributed by atoms with E-state index in [-0.39, 0.29) is 17.1 Å². The average Bonchev–Trinajstić information content (AvgIpc) is 3.09. The Morgan fingerprint density at radius 2 is 2.00 bits per heavy atom. The van der Waals surface area contributed by atoms with Crippen LogP contribution in [0.1, 0.15) is 17.3 Å². The Hall–Kier alpha value is -2.74. The van der Waals surface area contributed by atoms with E-state index in [0.717, 1.165) is 5.56 Å². The van der Waals surface area contributed by atoms with Gasteiger partial charge in [0.15, 0.2) is 16.8 Å². The Labute approximate surface area is 154 Å². The van der Waals surface area contributed by atoms with Crippen molar-refractivity contribution >= 4 is 17.5 Å². The van der Waals surface area contributed by atoms with Gasteiger partial charge in [0.25, 0.3) is 0 Å². The van der Waals surface area contributed by atoms with Crippen LogP contribution in [0.4, 0.5) is 4.39 Å². The molecule has 0 unspecified atom stereocenters. The van der Waals surface area contributed by atoms with Crippen molar-refractivity contribution in [3.8, 4) is 17.1 Å². The molecule has 0 spiro atoms. The molecule has 3 rings (SSSR count). The highest BCUT2D eigenvalue weighted by molar-refractivity contribution is 7.99. The van der Waals surface area contributed by atoms with Gasteiger partial charge in [-0.25, -0.2) is 4.39 Å². The number of carbonyl (C=O) groups excluding carboxylic acids is 1. The Kier molecular flexibility index (Phi) is 5.62. The molecule has 26 heavy (non-hydrogen) atoms. The molecule has 0 bridgehead atoms. The minimum atomic E-state index is -0.476. The summed E-state index contributed by atoms with van der Waals surface area (Å²) in [6, 6.07) is 7.61. The molecule has 0 N–H and O–H groups in total. The van der Waals surface area contributed by atoms with E-state index in [1.54, 1.807) is 12.4 Å². The van der Waals surface area contributed by atoms with Crippen molar-refractivity contribution in [1.82, 2.24) is 19.7 Å². The first-order valence-corrected chi connectivity index (χ1v) is 8.95. The minimum absolute atomic E-state index is 0.105. The van der Waals surface area contributed by atoms with Crippen LogP contribution in [-0.2, 0) is 6.54 Å². The van der Waals surface area contributed by atoms with Crippen LogP contribution >= 0.6 is 11.8 Å². The van der Waals surface area contributed by atoms with Crippen molar-refractivity contribution in [3.63, 3.8) is 0 Å². The fourth-order valence-corrected chi connectivity index (χ4v) is 3.39. The summed E-state index contributed by atoms with van der Waals surface area (Å²) in [4.78, 5) is 16.5. The van der Waals surface area contributed by atoms with E-state index in [0.29, 0.717) is 23.3 Å². The zero-order chi connectivity index (χ0) is 18.5. The fraction of sp³-hybridized carbons (Fsp3) is 0.222. The number of hydrogen-bond donors (Lipinski definition) is 0. The average molecular weight is 372 g/mol. The number of halogens is 1. The summed E-state index contributed by atoms with van der Waals surface area (Å²) >= 11 is 1.26. The minimum Gasteiger partial charge on any atom is -0.496 e. The first kappa shape index (κ1) is 18.1. The van der Waals surface area contributed by atoms with Crippen LogP contribution in [0.2, 0.25) is 0 Å². The molecular weight excluding hydrogens is 355 g/mol. The number of pyridine rings is 1. The van der Waals surface area contributed by atoms with Crippen molar-refractivity contribution in [2.45, 2.75) is 18.6 Å². The van der Waals surface area contributed by atoms with Gasteiger partial charge in [-0.05, 0) is 37.3 Å². The largest absolute Gasteiger partial charge is 0.496 e. The van der Waals surface area contributed by atoms with Gasteiger partial charge in [0.05, 0.1) is 18.4 Å². The van der Waals surface area contributed by atoms with Gasteiger partial charge < -0.3 is 9.30 Å². The van der Waals surface area contributed by atoms with Gasteiger partial charge in [0.1, 0.15) is 11.6 Å². The van der Waals surface area contributed by atoms with Crippen molar-refractivity contribution in [2.75, 3.05) is 12.9 Å². The predicted octanol–water partition coefficient (Wildman–Crippen LogP) is 3.48. The van der Waals surface area contributed by atoms with E-state index in [1.807, 2.05) is 23.6 Å². The predicted molar refractivity (Wildman–Crippen MR) is 96.9 cm³/mol. The second-order valence-corrected chi connectivity index (χ2v) is 6.29. The van der Waals surface area contributed by atoms with E-state index in [9.17, 15) is 9.18 Å². The summed E-state index contributed by atoms with van der Waals surface area (Å²) < 4.78 is 20.5. The number of aromatic nitrogens is 4. The van der Waals surface area contributed by atoms with E-state index in [1.165, 1.54) is 37.1 Å². The maximum Gasteiger partial charge on any atom is 0.191 e. The number of thioether (sulfide) groups is 1. The molecule has 2 aromatic heterocycles. The van der Waals surface area contributed by atoms with Crippen LogP contribution in [0.3, 0.4) is 0 Å². The van der Waals surface area contributed by atoms with Gasteiger partial charge in [0, 0.05) is 24.5 Å². The second-order valence-electron chi connectivity index (χ2n) is 5.34. The Morgan fingerprint density at radius 3 is 2.69 bits per heavy atom. The maximum atomic E-state index is 13.5. The lowest BCUT2D eigenvalue weighted by Crippen LogP contribution is -2.07. The molecule has 3 aromatic rings. The number of methoxy groups -OCH3 is 1. The van der Waals surface area contributed by atoms with Crippen LogP contribution < -0.4 is 4.74 Å². The molecule has 2 heterocycles. The molecule has 1 aromatic carbocycles. The van der Waals surface area contributed by atoms with E-state index < -0.39 is 5.82 Å². The molecule has 0 saturated heterocycles. The number of carbonyl (C=O) groups is 1. The topological polar surface area (TPSA) is 69.9 Å². The number of Topliss-reactive ketones (excluding diaryl/α,β-unsaturated/α-hetero) is 1. The van der Waals surface area contributed by atoms with Crippen molar-refractivity contribution in [1.29, 1.82) is 0 Å². The number of ether oxygens (including phenoxy) is 1. The molecule has 6 nitrogen and oxygen atoms in total. The lowest BCUT2D eigenvalue weighted by Gasteiger charge is -2.09. The van der Waals surface area contributed by atoms with Crippen molar-refractivity contribution in [2.24, 2.45) is 0 Å². The van der Waals surface area contributed by atoms with Crippen LogP contribution in [-0.4, -0.2) is 38.4 Å². The molecule has 8 heteroatoms. The first-order valence-electron chi connectivity index (χ1n) is 7.97. The number of benzene rings is 1. The molecule has 134 valence electrons. The lowest BCUT2D eigenvalue weighted by atomic mass is 10.1. The first-order chi connectivity index (χ1) is 12.6. The van der Waals surface area contributed by atoms with E-state index >= 15 is 0 Å². The molecule has 0 radical (unpaired) electrons. The van der Waals surface area contributed by atoms with Gasteiger partial charge in [0.2, 0.25) is 0 Å². The van der Waals surface area contributed by atoms with Crippen molar-refractivity contribution in [3.05, 3.63) is 54.1 Å². The third-order valence-corrected chi connectivity index (χ3v) is 4.73. The molecule has 0 aliphatic rings. The summed E-state index contributed by atoms with van der Waals surface area (Å²) in [5, 5.41) is 9.04. The number of ketones is 1. The van der Waals surface area contributed by atoms with Crippen LogP contribution in [0, 0.1) is 5.82 Å². The van der Waals surface area contributed by atoms with Crippen LogP contribution in [0.15, 0.2) is 47.9 Å². The Balaban J connectivity index is 1.79. The Morgan fingerprint density at radius 1 is 1.23 bits per heavy atom. The molecule has 0 saturated carbocycles. The van der Waals surface area contributed by atoms with Gasteiger partial charge in [-0.15, -0.1) is 10.2 Å². The van der Waals surface area contributed by atoms with Crippen LogP contribution in [0.5, 0.6) is 5.75 Å². The zero-order valence-corrected chi connectivity index (χ0v) is 15.2. The Bertz CT molecular complexity index is 915. The van der Waals surface area contributed by atoms with Gasteiger partial charge in [-0.2, -0.15) is 0 Å². The van der Waals surface area contributed by atoms with Crippen molar-refractivity contribution < 1.29 is 13.9 Å². The highest BCUT2D eigenvalue weighted by Gasteiger charge is 2.17. The molecule has 0 amide bonds. The van der Waals surface area contributed by atoms with Crippen LogP contribution in [0.25, 0.3) is 11.4 Å². The summed E-state index contributed by atoms with van der Waals surface area (Å²) in [5.74, 6) is 0.465. The van der Waals surface area contributed by atoms with E-state index in [4.69, 9.17) is 4.74 Å². The smallest absolute Gasteiger partial charge is 0.191 e. The molecule has 0 aliphatic carbocycles. The SMILES string of the molecule is CCn1c(SCC(=O)c2cc(F)ccc2OC)nnc1-c1ccncc1. The van der Waals surface area contributed by atoms with Gasteiger partial charge >= 0.3 is 0 Å². The highest BCUT2D eigenvalue weighted by atomic mass is 32.2. The normalized spacial score (nSPS) is 10.7. The number of nitrogens with zero attached hydrogens (tertiary/aromatic N) is 4. The highest BCUT2D eigenvalue weighted by Crippen LogP contribution is 2.26. The zero-order valence-electron chi connectivity index (χ0n) is 14.3. The standard InChI is InChI=1S/C18H17FN4O2S/c1-3-23-17(12-6-8-20-9-7-12)21-22-18(23)26-11-15(24)14-10-13(19)4-5-16(14)25-2/h4-10H,3,11H2,1-2H3. The maximum absolute atomic E-state index is 13.5. The van der Waals surface area contributed by atoms with Gasteiger partial charge in [-0.3, -0.25) is 9.78 Å². The third-order valence-electron chi connectivity index (χ3n) is 3.77. The fourth-order valence-electron chi connectivity index (χ4n) is 2.50. The molecular formula is C18H17FN4O2S.